The van der Waals surface area contributed by atoms with Gasteiger partial charge in [0.25, 0.3) is 0 Å². The summed E-state index contributed by atoms with van der Waals surface area (Å²) in [7, 11) is 0. The Morgan fingerprint density at radius 2 is 1.72 bits per heavy atom. The quantitative estimate of drug-likeness (QED) is 0.829. The first kappa shape index (κ1) is 14.6. The van der Waals surface area contributed by atoms with E-state index in [-0.39, 0.29) is 0 Å². The Morgan fingerprint density at radius 1 is 1.17 bits per heavy atom. The first-order chi connectivity index (χ1) is 8.07. The summed E-state index contributed by atoms with van der Waals surface area (Å²) in [5.41, 5.74) is -0.864. The van der Waals surface area contributed by atoms with Gasteiger partial charge in [-0.05, 0) is 12.1 Å². The number of benzene rings is 1. The lowest BCUT2D eigenvalue weighted by atomic mass is 10.2. The van der Waals surface area contributed by atoms with Gasteiger partial charge in [0.2, 0.25) is 0 Å². The molecule has 0 aliphatic rings. The second kappa shape index (κ2) is 4.68. The van der Waals surface area contributed by atoms with Crippen molar-refractivity contribution in [3.8, 4) is 0 Å². The van der Waals surface area contributed by atoms with E-state index in [1.807, 2.05) is 0 Å². The Labute approximate surface area is 102 Å². The zero-order chi connectivity index (χ0) is 14.1. The van der Waals surface area contributed by atoms with Crippen LogP contribution in [0.15, 0.2) is 18.2 Å². The number of halogens is 7. The number of hydrogen-bond acceptors (Lipinski definition) is 1. The maximum absolute atomic E-state index is 13.2. The maximum Gasteiger partial charge on any atom is 0.463 e. The van der Waals surface area contributed by atoms with Gasteiger partial charge < -0.3 is 5.32 Å². The summed E-state index contributed by atoms with van der Waals surface area (Å²) in [5, 5.41) is 0.605. The minimum atomic E-state index is -6.06. The Morgan fingerprint density at radius 3 is 2.22 bits per heavy atom. The molecule has 0 bridgehead atoms. The lowest BCUT2D eigenvalue weighted by Crippen LogP contribution is -2.47. The summed E-state index contributed by atoms with van der Waals surface area (Å²) >= 11 is 5.27. The molecule has 0 saturated carbocycles. The Kier molecular flexibility index (Phi) is 3.80. The van der Waals surface area contributed by atoms with Crippen molar-refractivity contribution in [2.45, 2.75) is 12.1 Å². The molecule has 1 aromatic rings. The van der Waals surface area contributed by atoms with Gasteiger partial charge in [0.1, 0.15) is 0 Å². The van der Waals surface area contributed by atoms with Gasteiger partial charge in [-0.3, -0.25) is 4.79 Å². The highest BCUT2D eigenvalue weighted by molar-refractivity contribution is 6.31. The van der Waals surface area contributed by atoms with Crippen LogP contribution in [-0.4, -0.2) is 18.0 Å². The molecule has 0 saturated heterocycles. The largest absolute Gasteiger partial charge is 0.463 e. The van der Waals surface area contributed by atoms with Crippen LogP contribution >= 0.6 is 11.6 Å². The Bertz CT molecular complexity index is 473. The van der Waals surface area contributed by atoms with E-state index in [2.05, 4.69) is 0 Å². The van der Waals surface area contributed by atoms with Crippen molar-refractivity contribution in [1.29, 1.82) is 0 Å². The monoisotopic (exact) mass is 291 g/mol. The Balaban J connectivity index is 2.99. The topological polar surface area (TPSA) is 29.1 Å². The lowest BCUT2D eigenvalue weighted by Gasteiger charge is -2.18. The molecule has 0 unspecified atom stereocenters. The van der Waals surface area contributed by atoms with E-state index in [4.69, 9.17) is 11.6 Å². The average Bonchev–Trinajstić information content (AvgIpc) is 2.23. The number of alkyl halides is 5. The van der Waals surface area contributed by atoms with Crippen molar-refractivity contribution in [1.82, 2.24) is 0 Å². The summed E-state index contributed by atoms with van der Waals surface area (Å²) in [6, 6.07) is 2.91. The van der Waals surface area contributed by atoms with Gasteiger partial charge in [-0.2, -0.15) is 22.0 Å². The first-order valence-electron chi connectivity index (χ1n) is 4.27. The normalized spacial score (nSPS) is 12.4. The number of carbonyl (C=O) groups is 1. The van der Waals surface area contributed by atoms with Gasteiger partial charge in [0, 0.05) is 0 Å². The van der Waals surface area contributed by atoms with E-state index < -0.39 is 34.5 Å². The van der Waals surface area contributed by atoms with Crippen LogP contribution in [0.2, 0.25) is 5.02 Å². The van der Waals surface area contributed by atoms with Crippen molar-refractivity contribution in [2.24, 2.45) is 0 Å². The van der Waals surface area contributed by atoms with Crippen LogP contribution in [0.4, 0.5) is 32.0 Å². The van der Waals surface area contributed by atoms with E-state index in [9.17, 15) is 31.1 Å². The lowest BCUT2D eigenvalue weighted by molar-refractivity contribution is -0.267. The molecule has 0 aliphatic heterocycles. The van der Waals surface area contributed by atoms with Crippen molar-refractivity contribution < 1.29 is 31.1 Å². The number of nitrogens with one attached hydrogen (secondary N) is 1. The van der Waals surface area contributed by atoms with E-state index in [1.54, 1.807) is 0 Å². The van der Waals surface area contributed by atoms with Gasteiger partial charge >= 0.3 is 18.0 Å². The molecule has 0 radical (unpaired) electrons. The molecule has 0 atom stereocenters. The fourth-order valence-corrected chi connectivity index (χ4v) is 1.10. The number of hydrogen-bond donors (Lipinski definition) is 1. The second-order valence-electron chi connectivity index (χ2n) is 3.13. The fourth-order valence-electron chi connectivity index (χ4n) is 0.930. The number of anilines is 1. The molecule has 0 aromatic heterocycles. The molecular formula is C9H4ClF6NO. The van der Waals surface area contributed by atoms with Gasteiger partial charge in [-0.15, -0.1) is 0 Å². The van der Waals surface area contributed by atoms with Gasteiger partial charge in [-0.25, -0.2) is 4.39 Å². The molecule has 2 nitrogen and oxygen atoms in total. The molecule has 1 aromatic carbocycles. The smallest absolute Gasteiger partial charge is 0.318 e. The first-order valence-corrected chi connectivity index (χ1v) is 4.65. The third kappa shape index (κ3) is 2.69. The predicted molar refractivity (Wildman–Crippen MR) is 51.0 cm³/mol. The Hall–Kier alpha value is -1.44. The van der Waals surface area contributed by atoms with E-state index >= 15 is 0 Å². The summed E-state index contributed by atoms with van der Waals surface area (Å²) in [6.07, 6.45) is -6.06. The predicted octanol–water partition coefficient (Wildman–Crippen LogP) is 3.62. The molecule has 1 rings (SSSR count). The minimum absolute atomic E-state index is 0.525. The number of rotatable bonds is 2. The molecule has 18 heavy (non-hydrogen) atoms. The summed E-state index contributed by atoms with van der Waals surface area (Å²) in [6.45, 7) is 0. The number of carbonyl (C=O) groups excluding carboxylic acids is 1. The molecule has 0 heterocycles. The third-order valence-corrected chi connectivity index (χ3v) is 2.13. The summed E-state index contributed by atoms with van der Waals surface area (Å²) in [4.78, 5) is 10.8. The maximum atomic E-state index is 13.2. The van der Waals surface area contributed by atoms with Gasteiger partial charge in [-0.1, -0.05) is 17.7 Å². The number of amides is 1. The van der Waals surface area contributed by atoms with Gasteiger partial charge in [0.05, 0.1) is 10.7 Å². The second-order valence-corrected chi connectivity index (χ2v) is 3.53. The summed E-state index contributed by atoms with van der Waals surface area (Å²) in [5.74, 6) is -9.61. The zero-order valence-electron chi connectivity index (χ0n) is 8.29. The molecule has 1 N–H and O–H groups in total. The third-order valence-electron chi connectivity index (χ3n) is 1.84. The molecule has 0 fully saturated rings. The average molecular weight is 292 g/mol. The van der Waals surface area contributed by atoms with E-state index in [0.29, 0.717) is 0 Å². The summed E-state index contributed by atoms with van der Waals surface area (Å²) < 4.78 is 73.8. The molecule has 100 valence electrons. The van der Waals surface area contributed by atoms with Crippen LogP contribution in [0.25, 0.3) is 0 Å². The van der Waals surface area contributed by atoms with E-state index in [1.165, 1.54) is 0 Å². The SMILES string of the molecule is O=C(Nc1cccc(Cl)c1F)C(F)(F)C(F)(F)F. The van der Waals surface area contributed by atoms with Crippen LogP contribution < -0.4 is 5.32 Å². The van der Waals surface area contributed by atoms with Crippen LogP contribution in [0, 0.1) is 5.82 Å². The van der Waals surface area contributed by atoms with Crippen LogP contribution in [0.1, 0.15) is 0 Å². The molecule has 0 aliphatic carbocycles. The zero-order valence-corrected chi connectivity index (χ0v) is 9.04. The molecule has 0 spiro atoms. The highest BCUT2D eigenvalue weighted by atomic mass is 35.5. The molecule has 1 amide bonds. The minimum Gasteiger partial charge on any atom is -0.318 e. The van der Waals surface area contributed by atoms with Crippen molar-refractivity contribution >= 4 is 23.2 Å². The van der Waals surface area contributed by atoms with Crippen molar-refractivity contribution in [3.63, 3.8) is 0 Å². The van der Waals surface area contributed by atoms with Crippen LogP contribution in [-0.2, 0) is 4.79 Å². The highest BCUT2D eigenvalue weighted by Crippen LogP contribution is 2.36. The van der Waals surface area contributed by atoms with Crippen LogP contribution in [0.3, 0.4) is 0 Å². The fraction of sp³-hybridized carbons (Fsp3) is 0.222. The highest BCUT2D eigenvalue weighted by Gasteiger charge is 2.63. The van der Waals surface area contributed by atoms with Crippen molar-refractivity contribution in [2.75, 3.05) is 5.32 Å². The molecular weight excluding hydrogens is 288 g/mol. The van der Waals surface area contributed by atoms with E-state index in [0.717, 1.165) is 23.5 Å². The van der Waals surface area contributed by atoms with Gasteiger partial charge in [0.15, 0.2) is 5.82 Å². The standard InChI is InChI=1S/C9H4ClF6NO/c10-4-2-1-3-5(6(4)11)17-7(18)8(12,13)9(14,15)16/h1-3H,(H,17,18). The van der Waals surface area contributed by atoms with Crippen LogP contribution in [0.5, 0.6) is 0 Å². The van der Waals surface area contributed by atoms with Crippen molar-refractivity contribution in [3.05, 3.63) is 29.0 Å². The molecule has 9 heteroatoms.